The first-order valence-electron chi connectivity index (χ1n) is 9.50. The fourth-order valence-corrected chi connectivity index (χ4v) is 3.00. The number of ether oxygens (including phenoxy) is 2. The van der Waals surface area contributed by atoms with Crippen LogP contribution >= 0.6 is 0 Å². The third kappa shape index (κ3) is 8.26. The molecule has 8 N–H and O–H groups in total. The van der Waals surface area contributed by atoms with E-state index in [2.05, 4.69) is 0 Å². The van der Waals surface area contributed by atoms with Gasteiger partial charge in [0.15, 0.2) is 12.0 Å². The van der Waals surface area contributed by atoms with Crippen LogP contribution in [0.3, 0.4) is 0 Å². The number of alkyl halides is 1. The normalized spacial score (nSPS) is 33.5. The second-order valence-electron chi connectivity index (χ2n) is 7.31. The Bertz CT molecular complexity index is 549. The summed E-state index contributed by atoms with van der Waals surface area (Å²) in [6.07, 6.45) is -4.47. The molecule has 2 fully saturated rings. The van der Waals surface area contributed by atoms with Gasteiger partial charge in [-0.25, -0.2) is 4.39 Å². The monoisotopic (exact) mass is 635 g/mol. The Morgan fingerprint density at radius 3 is 1.90 bits per heavy atom. The van der Waals surface area contributed by atoms with E-state index < -0.39 is 67.9 Å². The Kier molecular flexibility index (Phi) is 13.4. The summed E-state index contributed by atoms with van der Waals surface area (Å²) in [4.78, 5) is 20.9. The minimum atomic E-state index is -3.80. The van der Waals surface area contributed by atoms with Crippen LogP contribution in [0.4, 0.5) is 4.39 Å². The molecular formula is C17H29FN2O10Pt. The molecule has 2 rings (SSSR count). The zero-order chi connectivity index (χ0) is 23.1. The number of carbonyl (C=O) groups is 2. The molecule has 0 aromatic heterocycles. The van der Waals surface area contributed by atoms with Crippen molar-refractivity contribution in [2.45, 2.75) is 80.6 Å². The van der Waals surface area contributed by atoms with Gasteiger partial charge >= 0.3 is 21.1 Å². The summed E-state index contributed by atoms with van der Waals surface area (Å²) < 4.78 is 23.2. The largest absolute Gasteiger partial charge is 2.00 e. The van der Waals surface area contributed by atoms with Crippen LogP contribution in [-0.2, 0) is 40.1 Å². The van der Waals surface area contributed by atoms with Crippen LogP contribution in [0.2, 0.25) is 0 Å². The van der Waals surface area contributed by atoms with Crippen LogP contribution < -0.4 is 21.7 Å². The van der Waals surface area contributed by atoms with Gasteiger partial charge in [-0.05, 0) is 12.8 Å². The molecule has 0 aromatic carbocycles. The van der Waals surface area contributed by atoms with Gasteiger partial charge in [-0.1, -0.05) is 12.8 Å². The van der Waals surface area contributed by atoms with Crippen molar-refractivity contribution in [3.8, 4) is 0 Å². The summed E-state index contributed by atoms with van der Waals surface area (Å²) in [5, 5.41) is 58.3. The molecule has 1 saturated carbocycles. The molecule has 1 heterocycles. The number of carboxylic acids is 2. The van der Waals surface area contributed by atoms with Gasteiger partial charge in [0.25, 0.3) is 0 Å². The van der Waals surface area contributed by atoms with Gasteiger partial charge in [0, 0.05) is 18.5 Å². The van der Waals surface area contributed by atoms with Crippen LogP contribution in [-0.4, -0.2) is 94.0 Å². The second kappa shape index (κ2) is 13.7. The molecule has 0 aromatic rings. The fourth-order valence-electron chi connectivity index (χ4n) is 3.00. The van der Waals surface area contributed by atoms with Crippen molar-refractivity contribution in [3.63, 3.8) is 0 Å². The molecule has 0 spiro atoms. The summed E-state index contributed by atoms with van der Waals surface area (Å²) >= 11 is 0. The Morgan fingerprint density at radius 1 is 1.03 bits per heavy atom. The van der Waals surface area contributed by atoms with E-state index >= 15 is 0 Å². The average molecular weight is 635 g/mol. The topological polar surface area (TPSA) is 232 Å². The zero-order valence-corrected chi connectivity index (χ0v) is 18.9. The van der Waals surface area contributed by atoms with Gasteiger partial charge in [0.1, 0.15) is 24.4 Å². The first-order valence-corrected chi connectivity index (χ1v) is 9.50. The van der Waals surface area contributed by atoms with E-state index in [1.165, 1.54) is 12.8 Å². The standard InChI is InChI=1S/C11H17FO10.C6H14N2.Pt/c12-11(9(17)18,10(19)20)1-2-21-8-7(16)6(15)5(14)4(3-13)22-8;7-5-3-1-2-4-6(5)8;/h4-8,13-16H,1-3H2,(H,17,18)(H,19,20);5-6H,1-4,7-8H2;/q;;+2/p-2/t4-,5-,6+,7+,8?;5-,6-;/m11./s1. The number of hydrogen-bond acceptors (Lipinski definition) is 12. The minimum absolute atomic E-state index is 0. The van der Waals surface area contributed by atoms with E-state index in [9.17, 15) is 39.5 Å². The number of carbonyl (C=O) groups excluding carboxylic acids is 2. The van der Waals surface area contributed by atoms with Crippen LogP contribution in [0, 0.1) is 0 Å². The predicted molar refractivity (Wildman–Crippen MR) is 92.6 cm³/mol. The van der Waals surface area contributed by atoms with Crippen molar-refractivity contribution in [2.75, 3.05) is 13.2 Å². The number of hydrogen-bond donors (Lipinski definition) is 6. The Morgan fingerprint density at radius 2 is 1.52 bits per heavy atom. The Hall–Kier alpha value is -0.762. The number of carboxylic acid groups (broad SMARTS) is 2. The molecule has 31 heavy (non-hydrogen) atoms. The van der Waals surface area contributed by atoms with Crippen LogP contribution in [0.5, 0.6) is 0 Å². The molecule has 0 bridgehead atoms. The van der Waals surface area contributed by atoms with Crippen molar-refractivity contribution in [3.05, 3.63) is 0 Å². The van der Waals surface area contributed by atoms with Gasteiger partial charge < -0.3 is 61.2 Å². The quantitative estimate of drug-likeness (QED) is 0.144. The van der Waals surface area contributed by atoms with Gasteiger partial charge in [0.05, 0.1) is 25.2 Å². The molecule has 1 saturated heterocycles. The molecule has 14 heteroatoms. The first-order chi connectivity index (χ1) is 14.0. The van der Waals surface area contributed by atoms with E-state index in [-0.39, 0.29) is 33.1 Å². The van der Waals surface area contributed by atoms with Crippen LogP contribution in [0.15, 0.2) is 0 Å². The molecule has 1 aliphatic heterocycles. The molecule has 12 nitrogen and oxygen atoms in total. The summed E-state index contributed by atoms with van der Waals surface area (Å²) in [6.45, 7) is -1.57. The maximum Gasteiger partial charge on any atom is 2.00 e. The van der Waals surface area contributed by atoms with Crippen LogP contribution in [0.1, 0.15) is 32.1 Å². The van der Waals surface area contributed by atoms with Gasteiger partial charge in [-0.15, -0.1) is 0 Å². The van der Waals surface area contributed by atoms with Crippen molar-refractivity contribution in [2.24, 2.45) is 11.5 Å². The maximum absolute atomic E-state index is 13.5. The minimum Gasteiger partial charge on any atom is -0.546 e. The molecule has 7 atom stereocenters. The van der Waals surface area contributed by atoms with Crippen molar-refractivity contribution >= 4 is 11.9 Å². The third-order valence-electron chi connectivity index (χ3n) is 5.10. The van der Waals surface area contributed by atoms with Gasteiger partial charge in [-0.2, -0.15) is 0 Å². The van der Waals surface area contributed by atoms with Crippen molar-refractivity contribution in [1.82, 2.24) is 0 Å². The van der Waals surface area contributed by atoms with Crippen LogP contribution in [0.25, 0.3) is 0 Å². The van der Waals surface area contributed by atoms with Crippen molar-refractivity contribution in [1.29, 1.82) is 0 Å². The number of halogens is 1. The van der Waals surface area contributed by atoms with E-state index in [0.717, 1.165) is 12.8 Å². The second-order valence-corrected chi connectivity index (χ2v) is 7.31. The average Bonchev–Trinajstić information content (AvgIpc) is 2.70. The smallest absolute Gasteiger partial charge is 0.546 e. The molecular weight excluding hydrogens is 606 g/mol. The number of nitrogens with two attached hydrogens (primary N) is 2. The third-order valence-corrected chi connectivity index (χ3v) is 5.10. The van der Waals surface area contributed by atoms with Crippen molar-refractivity contribution < 1.29 is 75.2 Å². The summed E-state index contributed by atoms with van der Waals surface area (Å²) in [5.74, 6) is -5.05. The summed E-state index contributed by atoms with van der Waals surface area (Å²) in [6, 6.07) is 0.562. The molecule has 1 unspecified atom stereocenters. The molecule has 2 aliphatic rings. The van der Waals surface area contributed by atoms with E-state index in [0.29, 0.717) is 0 Å². The van der Waals surface area contributed by atoms with Gasteiger partial charge in [-0.3, -0.25) is 0 Å². The summed E-state index contributed by atoms with van der Waals surface area (Å²) in [5.41, 5.74) is 7.51. The van der Waals surface area contributed by atoms with Gasteiger partial charge in [0.2, 0.25) is 0 Å². The number of aliphatic carboxylic acids is 2. The Balaban J connectivity index is 0.000000838. The number of aliphatic hydroxyl groups is 4. The Labute approximate surface area is 192 Å². The molecule has 0 radical (unpaired) electrons. The molecule has 1 aliphatic carbocycles. The zero-order valence-electron chi connectivity index (χ0n) is 16.6. The number of aliphatic hydroxyl groups excluding tert-OH is 4. The van der Waals surface area contributed by atoms with E-state index in [4.69, 9.17) is 26.0 Å². The fraction of sp³-hybridized carbons (Fsp3) is 0.882. The van der Waals surface area contributed by atoms with E-state index in [1.807, 2.05) is 0 Å². The predicted octanol–water partition coefficient (Wildman–Crippen LogP) is -5.39. The maximum atomic E-state index is 13.5. The number of rotatable bonds is 7. The molecule has 184 valence electrons. The summed E-state index contributed by atoms with van der Waals surface area (Å²) in [7, 11) is 0. The SMILES string of the molecule is N[C@@H]1CCCC[C@H]1N.O=C([O-])C(F)(CCOC1O[C@H](CO)[C@@H](O)[C@H](O)[C@@H]1O)C(=O)[O-].[Pt+2]. The van der Waals surface area contributed by atoms with E-state index in [1.54, 1.807) is 0 Å². The first kappa shape index (κ1) is 30.2. The molecule has 0 amide bonds.